The molecule has 0 N–H and O–H groups in total. The van der Waals surface area contributed by atoms with Gasteiger partial charge in [0.05, 0.1) is 10.6 Å². The van der Waals surface area contributed by atoms with E-state index in [4.69, 9.17) is 16.1 Å². The normalized spacial score (nSPS) is 10.5. The number of hydrogen-bond donors (Lipinski definition) is 0. The molecule has 14 heavy (non-hydrogen) atoms. The van der Waals surface area contributed by atoms with E-state index in [-0.39, 0.29) is 5.56 Å². The molecular weight excluding hydrogens is 272 g/mol. The molecule has 2 rings (SSSR count). The molecule has 0 saturated carbocycles. The van der Waals surface area contributed by atoms with Crippen LogP contribution in [0, 0.1) is 5.82 Å². The highest BCUT2D eigenvalue weighted by Gasteiger charge is 2.13. The number of hydrogen-bond acceptors (Lipinski definition) is 2. The van der Waals surface area contributed by atoms with Crippen LogP contribution in [-0.2, 0) is 0 Å². The van der Waals surface area contributed by atoms with Crippen LogP contribution >= 0.6 is 27.5 Å². The minimum atomic E-state index is -0.418. The van der Waals surface area contributed by atoms with Crippen LogP contribution in [0.5, 0.6) is 0 Å². The highest BCUT2D eigenvalue weighted by atomic mass is 79.9. The average molecular weight is 276 g/mol. The van der Waals surface area contributed by atoms with E-state index in [0.717, 1.165) is 0 Å². The Kier molecular flexibility index (Phi) is 2.56. The first-order valence-corrected chi connectivity index (χ1v) is 4.92. The molecule has 5 heteroatoms. The van der Waals surface area contributed by atoms with Crippen molar-refractivity contribution in [3.63, 3.8) is 0 Å². The minimum absolute atomic E-state index is 0.253. The van der Waals surface area contributed by atoms with Gasteiger partial charge < -0.3 is 4.52 Å². The van der Waals surface area contributed by atoms with Gasteiger partial charge in [0.25, 0.3) is 0 Å². The van der Waals surface area contributed by atoms with Crippen molar-refractivity contribution in [3.8, 4) is 11.3 Å². The Bertz CT molecular complexity index is 451. The lowest BCUT2D eigenvalue weighted by Crippen LogP contribution is -1.84. The van der Waals surface area contributed by atoms with E-state index in [2.05, 4.69) is 21.1 Å². The number of halogens is 3. The summed E-state index contributed by atoms with van der Waals surface area (Å²) < 4.78 is 18.6. The SMILES string of the molecule is Fc1cccc(Cl)c1-c1cc(Br)on1. The maximum atomic E-state index is 13.4. The van der Waals surface area contributed by atoms with Crippen LogP contribution in [0.15, 0.2) is 33.5 Å². The lowest BCUT2D eigenvalue weighted by Gasteiger charge is -1.99. The molecule has 0 saturated heterocycles. The molecule has 1 aromatic heterocycles. The molecule has 0 bridgehead atoms. The Hall–Kier alpha value is -0.870. The van der Waals surface area contributed by atoms with Crippen molar-refractivity contribution in [2.24, 2.45) is 0 Å². The molecule has 1 heterocycles. The van der Waals surface area contributed by atoms with E-state index in [1.54, 1.807) is 12.1 Å². The predicted molar refractivity (Wildman–Crippen MR) is 54.6 cm³/mol. The molecule has 0 aliphatic rings. The Morgan fingerprint density at radius 2 is 2.21 bits per heavy atom. The lowest BCUT2D eigenvalue weighted by molar-refractivity contribution is 0.402. The summed E-state index contributed by atoms with van der Waals surface area (Å²) in [5.74, 6) is -0.418. The highest BCUT2D eigenvalue weighted by Crippen LogP contribution is 2.30. The van der Waals surface area contributed by atoms with Crippen LogP contribution in [0.25, 0.3) is 11.3 Å². The Morgan fingerprint density at radius 3 is 2.79 bits per heavy atom. The monoisotopic (exact) mass is 275 g/mol. The predicted octanol–water partition coefficient (Wildman–Crippen LogP) is 3.90. The molecule has 2 nitrogen and oxygen atoms in total. The van der Waals surface area contributed by atoms with Crippen LogP contribution in [0.4, 0.5) is 4.39 Å². The summed E-state index contributed by atoms with van der Waals surface area (Å²) >= 11 is 8.92. The summed E-state index contributed by atoms with van der Waals surface area (Å²) in [5.41, 5.74) is 0.628. The molecule has 2 aromatic rings. The first-order valence-electron chi connectivity index (χ1n) is 3.75. The molecule has 72 valence electrons. The van der Waals surface area contributed by atoms with Gasteiger partial charge in [0.1, 0.15) is 11.5 Å². The summed E-state index contributed by atoms with van der Waals surface area (Å²) in [5, 5.41) is 3.97. The second kappa shape index (κ2) is 3.71. The highest BCUT2D eigenvalue weighted by molar-refractivity contribution is 9.10. The molecule has 0 spiro atoms. The summed E-state index contributed by atoms with van der Waals surface area (Å²) in [6, 6.07) is 6.02. The Morgan fingerprint density at radius 1 is 1.43 bits per heavy atom. The van der Waals surface area contributed by atoms with Crippen LogP contribution < -0.4 is 0 Å². The number of rotatable bonds is 1. The quantitative estimate of drug-likeness (QED) is 0.789. The van der Waals surface area contributed by atoms with Gasteiger partial charge in [-0.15, -0.1) is 0 Å². The van der Waals surface area contributed by atoms with Crippen molar-refractivity contribution >= 4 is 27.5 Å². The van der Waals surface area contributed by atoms with E-state index in [0.29, 0.717) is 15.4 Å². The molecule has 0 radical (unpaired) electrons. The topological polar surface area (TPSA) is 26.0 Å². The van der Waals surface area contributed by atoms with Crippen molar-refractivity contribution in [2.45, 2.75) is 0 Å². The fraction of sp³-hybridized carbons (Fsp3) is 0. The standard InChI is InChI=1S/C9H4BrClFNO/c10-8-4-7(13-14-8)9-5(11)2-1-3-6(9)12/h1-4H. The van der Waals surface area contributed by atoms with Gasteiger partial charge in [-0.1, -0.05) is 22.8 Å². The van der Waals surface area contributed by atoms with Crippen molar-refractivity contribution in [1.82, 2.24) is 5.16 Å². The van der Waals surface area contributed by atoms with Crippen molar-refractivity contribution in [1.29, 1.82) is 0 Å². The van der Waals surface area contributed by atoms with Gasteiger partial charge in [-0.05, 0) is 28.1 Å². The van der Waals surface area contributed by atoms with E-state index in [1.165, 1.54) is 12.1 Å². The third-order valence-electron chi connectivity index (χ3n) is 1.70. The second-order valence-corrected chi connectivity index (χ2v) is 3.80. The summed E-state index contributed by atoms with van der Waals surface area (Å²) in [4.78, 5) is 0. The number of benzene rings is 1. The molecule has 1 aromatic carbocycles. The lowest BCUT2D eigenvalue weighted by atomic mass is 10.1. The third-order valence-corrected chi connectivity index (χ3v) is 2.39. The fourth-order valence-electron chi connectivity index (χ4n) is 1.11. The molecule has 0 atom stereocenters. The molecule has 0 unspecified atom stereocenters. The Labute approximate surface area is 92.8 Å². The first-order chi connectivity index (χ1) is 6.68. The number of aromatic nitrogens is 1. The van der Waals surface area contributed by atoms with Gasteiger partial charge in [-0.25, -0.2) is 4.39 Å². The first kappa shape index (κ1) is 9.68. The maximum absolute atomic E-state index is 13.4. The fourth-order valence-corrected chi connectivity index (χ4v) is 1.66. The van der Waals surface area contributed by atoms with Crippen LogP contribution in [0.2, 0.25) is 5.02 Å². The van der Waals surface area contributed by atoms with Crippen molar-refractivity contribution in [3.05, 3.63) is 39.8 Å². The van der Waals surface area contributed by atoms with Gasteiger partial charge in [0.15, 0.2) is 0 Å². The summed E-state index contributed by atoms with van der Waals surface area (Å²) in [6.45, 7) is 0. The molecular formula is C9H4BrClFNO. The second-order valence-electron chi connectivity index (χ2n) is 2.61. The van der Waals surface area contributed by atoms with E-state index in [1.807, 2.05) is 0 Å². The smallest absolute Gasteiger partial charge is 0.202 e. The zero-order chi connectivity index (χ0) is 10.1. The summed E-state index contributed by atoms with van der Waals surface area (Å²) in [7, 11) is 0. The van der Waals surface area contributed by atoms with Gasteiger partial charge in [-0.2, -0.15) is 0 Å². The summed E-state index contributed by atoms with van der Waals surface area (Å²) in [6.07, 6.45) is 0. The minimum Gasteiger partial charge on any atom is -0.349 e. The van der Waals surface area contributed by atoms with Crippen molar-refractivity contribution < 1.29 is 8.91 Å². The van der Waals surface area contributed by atoms with Gasteiger partial charge in [-0.3, -0.25) is 0 Å². The van der Waals surface area contributed by atoms with Gasteiger partial charge >= 0.3 is 0 Å². The van der Waals surface area contributed by atoms with E-state index in [9.17, 15) is 4.39 Å². The van der Waals surface area contributed by atoms with Gasteiger partial charge in [0.2, 0.25) is 4.67 Å². The van der Waals surface area contributed by atoms with Crippen LogP contribution in [0.3, 0.4) is 0 Å². The van der Waals surface area contributed by atoms with Crippen LogP contribution in [-0.4, -0.2) is 5.16 Å². The zero-order valence-corrected chi connectivity index (χ0v) is 9.14. The van der Waals surface area contributed by atoms with E-state index < -0.39 is 5.82 Å². The van der Waals surface area contributed by atoms with E-state index >= 15 is 0 Å². The average Bonchev–Trinajstić information content (AvgIpc) is 2.51. The molecule has 0 aliphatic heterocycles. The largest absolute Gasteiger partial charge is 0.349 e. The zero-order valence-electron chi connectivity index (χ0n) is 6.80. The molecule has 0 amide bonds. The van der Waals surface area contributed by atoms with Gasteiger partial charge in [0, 0.05) is 6.07 Å². The molecule has 0 fully saturated rings. The van der Waals surface area contributed by atoms with Crippen molar-refractivity contribution in [2.75, 3.05) is 0 Å². The molecule has 0 aliphatic carbocycles. The maximum Gasteiger partial charge on any atom is 0.202 e. The Balaban J connectivity index is 2.61. The number of nitrogens with zero attached hydrogens (tertiary/aromatic N) is 1. The van der Waals surface area contributed by atoms with Crippen LogP contribution in [0.1, 0.15) is 0 Å². The third kappa shape index (κ3) is 1.67.